The molecule has 1 aliphatic rings. The first kappa shape index (κ1) is 16.3. The second kappa shape index (κ2) is 8.40. The number of ether oxygens (including phenoxy) is 2. The number of anilines is 1. The predicted molar refractivity (Wildman–Crippen MR) is 87.6 cm³/mol. The van der Waals surface area contributed by atoms with Gasteiger partial charge in [-0.1, -0.05) is 38.8 Å². The molecule has 1 aromatic carbocycles. The van der Waals surface area contributed by atoms with E-state index < -0.39 is 0 Å². The molecule has 21 heavy (non-hydrogen) atoms. The van der Waals surface area contributed by atoms with Crippen LogP contribution in [0.15, 0.2) is 24.3 Å². The van der Waals surface area contributed by atoms with E-state index in [4.69, 9.17) is 9.47 Å². The molecule has 1 saturated carbocycles. The maximum atomic E-state index is 5.59. The Balaban J connectivity index is 1.88. The van der Waals surface area contributed by atoms with Crippen LogP contribution in [0.1, 0.15) is 38.7 Å². The summed E-state index contributed by atoms with van der Waals surface area (Å²) in [5.74, 6) is 1.55. The minimum absolute atomic E-state index is 0.596. The van der Waals surface area contributed by atoms with Crippen molar-refractivity contribution in [1.82, 2.24) is 0 Å². The number of nitrogens with one attached hydrogen (secondary N) is 1. The molecule has 1 aromatic rings. The zero-order chi connectivity index (χ0) is 15.1. The van der Waals surface area contributed by atoms with Gasteiger partial charge in [0.05, 0.1) is 19.8 Å². The van der Waals surface area contributed by atoms with E-state index in [0.29, 0.717) is 25.9 Å². The molecule has 1 aliphatic carbocycles. The first-order valence-electron chi connectivity index (χ1n) is 8.13. The fourth-order valence-electron chi connectivity index (χ4n) is 3.08. The van der Waals surface area contributed by atoms with Crippen LogP contribution in [0.25, 0.3) is 0 Å². The van der Waals surface area contributed by atoms with Crippen LogP contribution >= 0.6 is 0 Å². The molecular weight excluding hydrogens is 262 g/mol. The van der Waals surface area contributed by atoms with Crippen LogP contribution in [-0.2, 0) is 16.1 Å². The van der Waals surface area contributed by atoms with Crippen LogP contribution in [-0.4, -0.2) is 26.4 Å². The van der Waals surface area contributed by atoms with Crippen molar-refractivity contribution in [2.75, 3.05) is 25.6 Å². The zero-order valence-corrected chi connectivity index (χ0v) is 13.6. The number of rotatable bonds is 7. The molecule has 1 N–H and O–H groups in total. The highest BCUT2D eigenvalue weighted by molar-refractivity contribution is 5.46. The molecule has 0 spiro atoms. The number of hydrogen-bond donors (Lipinski definition) is 1. The molecule has 0 heterocycles. The fourth-order valence-corrected chi connectivity index (χ4v) is 3.08. The summed E-state index contributed by atoms with van der Waals surface area (Å²) in [7, 11) is 1.69. The number of hydrogen-bond acceptors (Lipinski definition) is 3. The lowest BCUT2D eigenvalue weighted by Gasteiger charge is -2.35. The maximum absolute atomic E-state index is 5.59. The number of methoxy groups -OCH3 is 1. The van der Waals surface area contributed by atoms with Crippen molar-refractivity contribution in [2.24, 2.45) is 11.8 Å². The summed E-state index contributed by atoms with van der Waals surface area (Å²) in [6, 6.07) is 9.18. The van der Waals surface area contributed by atoms with E-state index in [0.717, 1.165) is 11.8 Å². The topological polar surface area (TPSA) is 30.5 Å². The third-order valence-electron chi connectivity index (χ3n) is 4.69. The van der Waals surface area contributed by atoms with Crippen molar-refractivity contribution in [2.45, 2.75) is 45.8 Å². The van der Waals surface area contributed by atoms with Crippen LogP contribution in [0.3, 0.4) is 0 Å². The Labute approximate surface area is 129 Å². The van der Waals surface area contributed by atoms with Gasteiger partial charge in [0.25, 0.3) is 0 Å². The van der Waals surface area contributed by atoms with E-state index in [1.807, 2.05) is 0 Å². The van der Waals surface area contributed by atoms with Gasteiger partial charge >= 0.3 is 0 Å². The van der Waals surface area contributed by atoms with Crippen LogP contribution < -0.4 is 5.32 Å². The van der Waals surface area contributed by atoms with Gasteiger partial charge in [-0.15, -0.1) is 0 Å². The van der Waals surface area contributed by atoms with Gasteiger partial charge in [0.15, 0.2) is 0 Å². The summed E-state index contributed by atoms with van der Waals surface area (Å²) in [4.78, 5) is 0. The molecule has 0 bridgehead atoms. The summed E-state index contributed by atoms with van der Waals surface area (Å²) >= 11 is 0. The van der Waals surface area contributed by atoms with Crippen molar-refractivity contribution in [3.63, 3.8) is 0 Å². The summed E-state index contributed by atoms with van der Waals surface area (Å²) in [5.41, 5.74) is 2.43. The summed E-state index contributed by atoms with van der Waals surface area (Å²) in [6.07, 6.45) is 3.98. The number of benzene rings is 1. The standard InChI is InChI=1S/C18H29NO2/c1-14-6-4-9-18(15(14)2)19-17-8-5-7-16(12-17)13-21-11-10-20-3/h5,7-8,12,14-15,18-19H,4,6,9-11,13H2,1-3H3. The lowest BCUT2D eigenvalue weighted by Crippen LogP contribution is -2.35. The highest BCUT2D eigenvalue weighted by Crippen LogP contribution is 2.31. The van der Waals surface area contributed by atoms with Crippen LogP contribution in [0, 0.1) is 11.8 Å². The smallest absolute Gasteiger partial charge is 0.0718 e. The van der Waals surface area contributed by atoms with Gasteiger partial charge in [-0.25, -0.2) is 0 Å². The van der Waals surface area contributed by atoms with Gasteiger partial charge < -0.3 is 14.8 Å². The van der Waals surface area contributed by atoms with Gasteiger partial charge in [-0.05, 0) is 36.0 Å². The third kappa shape index (κ3) is 5.01. The van der Waals surface area contributed by atoms with E-state index in [2.05, 4.69) is 43.4 Å². The second-order valence-electron chi connectivity index (χ2n) is 6.26. The second-order valence-corrected chi connectivity index (χ2v) is 6.26. The van der Waals surface area contributed by atoms with Crippen LogP contribution in [0.4, 0.5) is 5.69 Å². The SMILES string of the molecule is COCCOCc1cccc(NC2CCCC(C)C2C)c1. The van der Waals surface area contributed by atoms with Gasteiger partial charge in [-0.2, -0.15) is 0 Å². The zero-order valence-electron chi connectivity index (χ0n) is 13.6. The monoisotopic (exact) mass is 291 g/mol. The van der Waals surface area contributed by atoms with Crippen molar-refractivity contribution < 1.29 is 9.47 Å². The van der Waals surface area contributed by atoms with Gasteiger partial charge in [0, 0.05) is 18.8 Å². The van der Waals surface area contributed by atoms with Gasteiger partial charge in [0.1, 0.15) is 0 Å². The molecule has 3 unspecified atom stereocenters. The van der Waals surface area contributed by atoms with E-state index >= 15 is 0 Å². The molecule has 0 aliphatic heterocycles. The van der Waals surface area contributed by atoms with Gasteiger partial charge in [0.2, 0.25) is 0 Å². The summed E-state index contributed by atoms with van der Waals surface area (Å²) in [5, 5.41) is 3.72. The van der Waals surface area contributed by atoms with E-state index in [1.165, 1.54) is 30.5 Å². The molecule has 3 heteroatoms. The molecule has 0 radical (unpaired) electrons. The Bertz CT molecular complexity index is 421. The lowest BCUT2D eigenvalue weighted by molar-refractivity contribution is 0.0617. The molecule has 0 aromatic heterocycles. The molecule has 0 saturated heterocycles. The predicted octanol–water partition coefficient (Wildman–Crippen LogP) is 4.09. The van der Waals surface area contributed by atoms with Crippen molar-refractivity contribution >= 4 is 5.69 Å². The molecule has 2 rings (SSSR count). The highest BCUT2D eigenvalue weighted by Gasteiger charge is 2.26. The Morgan fingerprint density at radius 1 is 1.19 bits per heavy atom. The Morgan fingerprint density at radius 2 is 2.05 bits per heavy atom. The molecule has 0 amide bonds. The normalized spacial score (nSPS) is 25.8. The average Bonchev–Trinajstić information content (AvgIpc) is 2.49. The van der Waals surface area contributed by atoms with Crippen molar-refractivity contribution in [1.29, 1.82) is 0 Å². The minimum atomic E-state index is 0.596. The Morgan fingerprint density at radius 3 is 2.86 bits per heavy atom. The first-order valence-corrected chi connectivity index (χ1v) is 8.13. The highest BCUT2D eigenvalue weighted by atomic mass is 16.5. The fraction of sp³-hybridized carbons (Fsp3) is 0.667. The van der Waals surface area contributed by atoms with Crippen LogP contribution in [0.2, 0.25) is 0 Å². The van der Waals surface area contributed by atoms with Crippen molar-refractivity contribution in [3.05, 3.63) is 29.8 Å². The molecule has 118 valence electrons. The quantitative estimate of drug-likeness (QED) is 0.768. The Kier molecular flexibility index (Phi) is 6.52. The molecule has 1 fully saturated rings. The van der Waals surface area contributed by atoms with Crippen LogP contribution in [0.5, 0.6) is 0 Å². The first-order chi connectivity index (χ1) is 10.2. The summed E-state index contributed by atoms with van der Waals surface area (Å²) < 4.78 is 10.6. The van der Waals surface area contributed by atoms with E-state index in [-0.39, 0.29) is 0 Å². The van der Waals surface area contributed by atoms with Gasteiger partial charge in [-0.3, -0.25) is 0 Å². The Hall–Kier alpha value is -1.06. The third-order valence-corrected chi connectivity index (χ3v) is 4.69. The molecule has 3 atom stereocenters. The largest absolute Gasteiger partial charge is 0.382 e. The van der Waals surface area contributed by atoms with E-state index in [1.54, 1.807) is 7.11 Å². The average molecular weight is 291 g/mol. The van der Waals surface area contributed by atoms with Crippen molar-refractivity contribution in [3.8, 4) is 0 Å². The lowest BCUT2D eigenvalue weighted by atomic mass is 9.78. The minimum Gasteiger partial charge on any atom is -0.382 e. The molecular formula is C18H29NO2. The molecule has 3 nitrogen and oxygen atoms in total. The summed E-state index contributed by atoms with van der Waals surface area (Å²) in [6.45, 7) is 6.69. The maximum Gasteiger partial charge on any atom is 0.0718 e. The van der Waals surface area contributed by atoms with E-state index in [9.17, 15) is 0 Å².